The Morgan fingerprint density at radius 3 is 2.47 bits per heavy atom. The van der Waals surface area contributed by atoms with Gasteiger partial charge in [0.2, 0.25) is 0 Å². The molecule has 5 rings (SSSR count). The number of pyridine rings is 1. The fourth-order valence-corrected chi connectivity index (χ4v) is 3.49. The summed E-state index contributed by atoms with van der Waals surface area (Å²) >= 11 is 0. The minimum absolute atomic E-state index is 0. The largest absolute Gasteiger partial charge is 0.512 e. The predicted molar refractivity (Wildman–Crippen MR) is 120 cm³/mol. The van der Waals surface area contributed by atoms with Gasteiger partial charge in [-0.15, -0.1) is 29.7 Å². The molecule has 0 bridgehead atoms. The normalized spacial score (nSPS) is 11.7. The van der Waals surface area contributed by atoms with Crippen molar-refractivity contribution in [3.05, 3.63) is 89.7 Å². The number of ketones is 1. The zero-order valence-corrected chi connectivity index (χ0v) is 19.0. The second kappa shape index (κ2) is 9.17. The van der Waals surface area contributed by atoms with Gasteiger partial charge in [0.05, 0.1) is 11.3 Å². The van der Waals surface area contributed by atoms with Crippen LogP contribution in [0.3, 0.4) is 0 Å². The number of aliphatic hydroxyl groups excluding tert-OH is 1. The molecule has 0 amide bonds. The van der Waals surface area contributed by atoms with E-state index in [-0.39, 0.29) is 31.6 Å². The van der Waals surface area contributed by atoms with Crippen LogP contribution in [0.25, 0.3) is 45.1 Å². The van der Waals surface area contributed by atoms with Gasteiger partial charge in [-0.1, -0.05) is 59.5 Å². The van der Waals surface area contributed by atoms with Crippen LogP contribution in [0.5, 0.6) is 0 Å². The number of aromatic nitrogens is 1. The molecule has 0 fully saturated rings. The third-order valence-electron chi connectivity index (χ3n) is 4.69. The Hall–Kier alpha value is -3.07. The Morgan fingerprint density at radius 1 is 0.967 bits per heavy atom. The molecule has 1 aliphatic rings. The molecule has 3 nitrogen and oxygen atoms in total. The zero-order valence-electron chi connectivity index (χ0n) is 16.6. The Morgan fingerprint density at radius 2 is 1.73 bits per heavy atom. The van der Waals surface area contributed by atoms with Crippen molar-refractivity contribution in [1.82, 2.24) is 4.98 Å². The first-order valence-electron chi connectivity index (χ1n) is 9.42. The van der Waals surface area contributed by atoms with E-state index in [1.54, 1.807) is 0 Å². The molecule has 3 aromatic carbocycles. The molecule has 151 valence electrons. The van der Waals surface area contributed by atoms with E-state index < -0.39 is 0 Å². The van der Waals surface area contributed by atoms with Crippen LogP contribution in [0.1, 0.15) is 25.0 Å². The number of carbonyl (C=O) groups excluding carboxylic acids is 1. The molecule has 0 aliphatic heterocycles. The second-order valence-corrected chi connectivity index (χ2v) is 7.03. The van der Waals surface area contributed by atoms with Crippen LogP contribution in [0.4, 0.5) is 0 Å². The summed E-state index contributed by atoms with van der Waals surface area (Å²) in [5, 5.41) is 12.0. The van der Waals surface area contributed by atoms with Crippen molar-refractivity contribution in [2.75, 3.05) is 0 Å². The average molecular weight is 571 g/mol. The van der Waals surface area contributed by atoms with E-state index in [1.807, 2.05) is 6.07 Å². The van der Waals surface area contributed by atoms with Crippen LogP contribution in [0.15, 0.2) is 72.5 Å². The van der Waals surface area contributed by atoms with Gasteiger partial charge < -0.3 is 5.11 Å². The summed E-state index contributed by atoms with van der Waals surface area (Å²) in [6.45, 7) is 2.85. The fourth-order valence-electron chi connectivity index (χ4n) is 3.49. The Bertz CT molecular complexity index is 1300. The summed E-state index contributed by atoms with van der Waals surface area (Å²) in [5.41, 5.74) is 5.59. The predicted octanol–water partition coefficient (Wildman–Crippen LogP) is 6.37. The smallest absolute Gasteiger partial charge is 0.155 e. The van der Waals surface area contributed by atoms with Crippen LogP contribution >= 0.6 is 0 Å². The van der Waals surface area contributed by atoms with Crippen LogP contribution in [-0.2, 0) is 24.9 Å². The van der Waals surface area contributed by atoms with Crippen molar-refractivity contribution >= 4 is 39.6 Å². The Balaban J connectivity index is 0.000000281. The number of benzene rings is 3. The van der Waals surface area contributed by atoms with Crippen molar-refractivity contribution in [2.24, 2.45) is 0 Å². The maximum absolute atomic E-state index is 10.0. The molecule has 1 N–H and O–H groups in total. The van der Waals surface area contributed by atoms with E-state index in [9.17, 15) is 4.79 Å². The number of rotatable bonds is 2. The second-order valence-electron chi connectivity index (χ2n) is 7.03. The molecule has 1 radical (unpaired) electrons. The van der Waals surface area contributed by atoms with Gasteiger partial charge in [-0.2, -0.15) is 0 Å². The molecular formula is C26H20IrNO2-. The van der Waals surface area contributed by atoms with Gasteiger partial charge in [0, 0.05) is 37.3 Å². The van der Waals surface area contributed by atoms with Gasteiger partial charge in [0.1, 0.15) is 0 Å². The van der Waals surface area contributed by atoms with Crippen LogP contribution in [-0.4, -0.2) is 15.9 Å². The molecule has 0 saturated carbocycles. The zero-order chi connectivity index (χ0) is 20.4. The molecule has 0 unspecified atom stereocenters. The maximum atomic E-state index is 10.0. The van der Waals surface area contributed by atoms with Gasteiger partial charge in [-0.25, -0.2) is 0 Å². The monoisotopic (exact) mass is 571 g/mol. The van der Waals surface area contributed by atoms with Crippen LogP contribution in [0, 0.1) is 6.07 Å². The van der Waals surface area contributed by atoms with Crippen molar-refractivity contribution in [3.63, 3.8) is 0 Å². The molecule has 30 heavy (non-hydrogen) atoms. The summed E-state index contributed by atoms with van der Waals surface area (Å²) in [5.74, 6) is -0.0625. The van der Waals surface area contributed by atoms with Gasteiger partial charge in [0.15, 0.2) is 5.78 Å². The van der Waals surface area contributed by atoms with E-state index in [4.69, 9.17) is 10.1 Å². The van der Waals surface area contributed by atoms with Crippen molar-refractivity contribution < 1.29 is 30.0 Å². The number of aliphatic hydroxyl groups is 1. The molecule has 4 heteroatoms. The molecule has 4 aromatic rings. The topological polar surface area (TPSA) is 50.2 Å². The van der Waals surface area contributed by atoms with Crippen molar-refractivity contribution in [1.29, 1.82) is 0 Å². The van der Waals surface area contributed by atoms with E-state index in [0.717, 1.165) is 22.2 Å². The number of hydrogen-bond acceptors (Lipinski definition) is 3. The van der Waals surface area contributed by atoms with E-state index in [1.165, 1.54) is 41.8 Å². The Labute approximate surface area is 189 Å². The molecule has 0 atom stereocenters. The van der Waals surface area contributed by atoms with Crippen LogP contribution in [0.2, 0.25) is 0 Å². The summed E-state index contributed by atoms with van der Waals surface area (Å²) in [6, 6.07) is 24.5. The first-order chi connectivity index (χ1) is 14.0. The third kappa shape index (κ3) is 4.56. The molecule has 1 heterocycles. The summed E-state index contributed by atoms with van der Waals surface area (Å²) in [7, 11) is 0. The first-order valence-corrected chi connectivity index (χ1v) is 9.42. The quantitative estimate of drug-likeness (QED) is 0.152. The number of nitrogens with zero attached hydrogens (tertiary/aromatic N) is 1. The summed E-state index contributed by atoms with van der Waals surface area (Å²) in [4.78, 5) is 14.9. The van der Waals surface area contributed by atoms with Gasteiger partial charge in [-0.05, 0) is 31.0 Å². The number of hydrogen-bond donors (Lipinski definition) is 1. The summed E-state index contributed by atoms with van der Waals surface area (Å²) in [6.07, 6.45) is 5.50. The van der Waals surface area contributed by atoms with E-state index in [2.05, 4.69) is 72.8 Å². The average Bonchev–Trinajstić information content (AvgIpc) is 3.12. The van der Waals surface area contributed by atoms with E-state index >= 15 is 0 Å². The molecule has 0 spiro atoms. The molecule has 1 aliphatic carbocycles. The standard InChI is InChI=1S/C21H12N.C5H8O2.Ir/c1-2-5-16-12-17(10-8-14(16)4-1)20-13-18-11-9-15-6-3-7-19(22-20)21(15)18;1-4(6)3-5(2)7;/h1-11,13H;3,6H,1-2H3;/q-1;;/b;4-3-;. The van der Waals surface area contributed by atoms with Gasteiger partial charge >= 0.3 is 0 Å². The van der Waals surface area contributed by atoms with Crippen LogP contribution < -0.4 is 0 Å². The molecular weight excluding hydrogens is 551 g/mol. The molecule has 1 aromatic heterocycles. The molecule has 0 saturated heterocycles. The SMILES string of the molecule is CC(=O)/C=C(/C)O.[Ir].[c-]1c(-c2cc3c4c(cccc4n2)C=C3)ccc2ccccc12. The summed E-state index contributed by atoms with van der Waals surface area (Å²) < 4.78 is 0. The first kappa shape index (κ1) is 21.6. The van der Waals surface area contributed by atoms with Gasteiger partial charge in [0.25, 0.3) is 0 Å². The Kier molecular flexibility index (Phi) is 6.61. The number of allylic oxidation sites excluding steroid dienone is 2. The minimum Gasteiger partial charge on any atom is -0.512 e. The minimum atomic E-state index is -0.125. The van der Waals surface area contributed by atoms with Gasteiger partial charge in [-0.3, -0.25) is 9.78 Å². The van der Waals surface area contributed by atoms with Crippen molar-refractivity contribution in [2.45, 2.75) is 13.8 Å². The van der Waals surface area contributed by atoms with Crippen molar-refractivity contribution in [3.8, 4) is 11.3 Å². The fraction of sp³-hybridized carbons (Fsp3) is 0.0769. The number of fused-ring (bicyclic) bond motifs is 1. The number of carbonyl (C=O) groups is 1. The maximum Gasteiger partial charge on any atom is 0.155 e. The van der Waals surface area contributed by atoms with E-state index in [0.29, 0.717) is 0 Å². The third-order valence-corrected chi connectivity index (χ3v) is 4.69.